The highest BCUT2D eigenvalue weighted by Crippen LogP contribution is 2.39. The fourth-order valence-electron chi connectivity index (χ4n) is 3.33. The molecule has 2 aromatic carbocycles. The molecule has 140 valence electrons. The summed E-state index contributed by atoms with van der Waals surface area (Å²) in [6.45, 7) is 0.498. The van der Waals surface area contributed by atoms with Gasteiger partial charge in [-0.05, 0) is 36.4 Å². The third-order valence-electron chi connectivity index (χ3n) is 4.82. The van der Waals surface area contributed by atoms with Gasteiger partial charge in [-0.1, -0.05) is 29.3 Å². The summed E-state index contributed by atoms with van der Waals surface area (Å²) >= 11 is 12.8. The number of fused-ring (bicyclic) bond motifs is 2. The maximum atomic E-state index is 6.54. The molecule has 0 bridgehead atoms. The number of aliphatic imine (C=N–C) groups is 1. The molecule has 2 aromatic heterocycles. The van der Waals surface area contributed by atoms with E-state index in [1.165, 1.54) is 0 Å². The molecule has 0 spiro atoms. The van der Waals surface area contributed by atoms with E-state index >= 15 is 0 Å². The van der Waals surface area contributed by atoms with E-state index in [2.05, 4.69) is 20.1 Å². The number of anilines is 2. The van der Waals surface area contributed by atoms with Gasteiger partial charge >= 0.3 is 0 Å². The van der Waals surface area contributed by atoms with Crippen LogP contribution in [0.15, 0.2) is 53.7 Å². The quantitative estimate of drug-likeness (QED) is 0.482. The molecule has 0 radical (unpaired) electrons. The third-order valence-corrected chi connectivity index (χ3v) is 5.48. The average molecular weight is 412 g/mol. The lowest BCUT2D eigenvalue weighted by Gasteiger charge is -2.26. The lowest BCUT2D eigenvalue weighted by Crippen LogP contribution is -2.21. The molecule has 8 heteroatoms. The molecule has 0 aliphatic carbocycles. The van der Waals surface area contributed by atoms with Crippen LogP contribution in [-0.2, 0) is 7.05 Å². The monoisotopic (exact) mass is 411 g/mol. The number of rotatable bonds is 3. The van der Waals surface area contributed by atoms with E-state index in [1.54, 1.807) is 6.20 Å². The first-order valence-electron chi connectivity index (χ1n) is 8.64. The number of nitrogens with one attached hydrogen (secondary N) is 1. The van der Waals surface area contributed by atoms with Crippen LogP contribution in [0.25, 0.3) is 10.9 Å². The molecule has 1 N–H and O–H groups in total. The number of nitrogens with zero attached hydrogens (tertiary/aromatic N) is 4. The second-order valence-corrected chi connectivity index (χ2v) is 7.28. The summed E-state index contributed by atoms with van der Waals surface area (Å²) in [7, 11) is 1.91. The van der Waals surface area contributed by atoms with Crippen LogP contribution in [0.3, 0.4) is 0 Å². The van der Waals surface area contributed by atoms with Crippen molar-refractivity contribution in [3.05, 3.63) is 64.5 Å². The van der Waals surface area contributed by atoms with E-state index in [0.29, 0.717) is 28.3 Å². The highest BCUT2D eigenvalue weighted by molar-refractivity contribution is 6.32. The van der Waals surface area contributed by atoms with Crippen LogP contribution in [0.1, 0.15) is 5.69 Å². The number of aromatic nitrogens is 3. The van der Waals surface area contributed by atoms with Crippen molar-refractivity contribution in [3.8, 4) is 11.5 Å². The van der Waals surface area contributed by atoms with Gasteiger partial charge in [0.15, 0.2) is 0 Å². The Hall–Kier alpha value is -2.96. The largest absolute Gasteiger partial charge is 0.455 e. The standard InChI is InChI=1S/C20H15Cl2N5O/c1-26-17-10-23-11-27(16(17)8-20(26)22)12-5-6-19(14(21)7-12)28-18-4-2-3-15-13(18)9-24-25-15/h2-10H,11H2,1H3,(H,24,25). The van der Waals surface area contributed by atoms with Crippen LogP contribution in [0.4, 0.5) is 11.4 Å². The van der Waals surface area contributed by atoms with Crippen molar-refractivity contribution < 1.29 is 4.74 Å². The molecule has 5 rings (SSSR count). The molecule has 0 fully saturated rings. The SMILES string of the molecule is Cn1c(Cl)cc2c1C=NCN2c1ccc(Oc2cccc3[nH]ncc23)c(Cl)c1. The van der Waals surface area contributed by atoms with Gasteiger partial charge in [0.05, 0.1) is 33.5 Å². The Balaban J connectivity index is 1.49. The van der Waals surface area contributed by atoms with E-state index in [1.807, 2.05) is 60.3 Å². The summed E-state index contributed by atoms with van der Waals surface area (Å²) in [5.41, 5.74) is 3.78. The Morgan fingerprint density at radius 3 is 2.86 bits per heavy atom. The maximum absolute atomic E-state index is 6.54. The van der Waals surface area contributed by atoms with Crippen molar-refractivity contribution >= 4 is 51.7 Å². The molecule has 28 heavy (non-hydrogen) atoms. The predicted octanol–water partition coefficient (Wildman–Crippen LogP) is 5.53. The first-order chi connectivity index (χ1) is 13.6. The third kappa shape index (κ3) is 2.73. The molecule has 6 nitrogen and oxygen atoms in total. The van der Waals surface area contributed by atoms with E-state index in [-0.39, 0.29) is 0 Å². The Bertz CT molecular complexity index is 1230. The van der Waals surface area contributed by atoms with Crippen LogP contribution in [0.2, 0.25) is 10.2 Å². The second-order valence-electron chi connectivity index (χ2n) is 6.48. The Labute approximate surface area is 171 Å². The van der Waals surface area contributed by atoms with Crippen LogP contribution < -0.4 is 9.64 Å². The van der Waals surface area contributed by atoms with Gasteiger partial charge in [0.25, 0.3) is 0 Å². The molecular formula is C20H15Cl2N5O. The normalized spacial score (nSPS) is 13.2. The molecule has 0 saturated heterocycles. The number of hydrogen-bond acceptors (Lipinski definition) is 4. The Morgan fingerprint density at radius 1 is 1.11 bits per heavy atom. The zero-order valence-corrected chi connectivity index (χ0v) is 16.4. The van der Waals surface area contributed by atoms with Gasteiger partial charge in [-0.3, -0.25) is 10.1 Å². The lowest BCUT2D eigenvalue weighted by molar-refractivity contribution is 0.488. The van der Waals surface area contributed by atoms with Crippen LogP contribution >= 0.6 is 23.2 Å². The Kier molecular flexibility index (Phi) is 4.03. The summed E-state index contributed by atoms with van der Waals surface area (Å²) in [5.74, 6) is 1.27. The van der Waals surface area contributed by atoms with Crippen molar-refractivity contribution in [1.29, 1.82) is 0 Å². The topological polar surface area (TPSA) is 58.4 Å². The molecule has 4 aromatic rings. The first-order valence-corrected chi connectivity index (χ1v) is 9.39. The molecule has 0 saturated carbocycles. The van der Waals surface area contributed by atoms with Gasteiger partial charge in [-0.15, -0.1) is 0 Å². The van der Waals surface area contributed by atoms with Gasteiger partial charge in [0.2, 0.25) is 0 Å². The number of hydrogen-bond donors (Lipinski definition) is 1. The number of halogens is 2. The van der Waals surface area contributed by atoms with Gasteiger partial charge in [0.1, 0.15) is 23.3 Å². The summed E-state index contributed by atoms with van der Waals surface area (Å²) in [6.07, 6.45) is 3.57. The van der Waals surface area contributed by atoms with Crippen molar-refractivity contribution in [1.82, 2.24) is 14.8 Å². The van der Waals surface area contributed by atoms with Gasteiger partial charge in [-0.2, -0.15) is 5.10 Å². The fourth-order valence-corrected chi connectivity index (χ4v) is 3.74. The fraction of sp³-hybridized carbons (Fsp3) is 0.100. The molecule has 3 heterocycles. The van der Waals surface area contributed by atoms with Gasteiger partial charge in [-0.25, -0.2) is 0 Å². The molecular weight excluding hydrogens is 397 g/mol. The minimum Gasteiger partial charge on any atom is -0.455 e. The van der Waals surface area contributed by atoms with Crippen molar-refractivity contribution in [2.75, 3.05) is 11.6 Å². The number of benzene rings is 2. The van der Waals surface area contributed by atoms with E-state index in [9.17, 15) is 0 Å². The van der Waals surface area contributed by atoms with Crippen LogP contribution in [0, 0.1) is 0 Å². The first kappa shape index (κ1) is 17.2. The zero-order chi connectivity index (χ0) is 19.3. The van der Waals surface area contributed by atoms with Crippen molar-refractivity contribution in [3.63, 3.8) is 0 Å². The molecule has 0 atom stereocenters. The summed E-state index contributed by atoms with van der Waals surface area (Å²) in [5, 5.41) is 9.06. The number of H-pyrrole nitrogens is 1. The zero-order valence-electron chi connectivity index (χ0n) is 14.9. The lowest BCUT2D eigenvalue weighted by atomic mass is 10.2. The predicted molar refractivity (Wildman–Crippen MR) is 113 cm³/mol. The maximum Gasteiger partial charge on any atom is 0.146 e. The van der Waals surface area contributed by atoms with Crippen LogP contribution in [-0.4, -0.2) is 27.6 Å². The van der Waals surface area contributed by atoms with Crippen molar-refractivity contribution in [2.45, 2.75) is 0 Å². The van der Waals surface area contributed by atoms with E-state index in [0.717, 1.165) is 28.0 Å². The highest BCUT2D eigenvalue weighted by Gasteiger charge is 2.21. The summed E-state index contributed by atoms with van der Waals surface area (Å²) < 4.78 is 7.95. The van der Waals surface area contributed by atoms with E-state index in [4.69, 9.17) is 27.9 Å². The van der Waals surface area contributed by atoms with Gasteiger partial charge < -0.3 is 14.2 Å². The Morgan fingerprint density at radius 2 is 2.00 bits per heavy atom. The molecule has 1 aliphatic heterocycles. The highest BCUT2D eigenvalue weighted by atomic mass is 35.5. The molecule has 1 aliphatic rings. The van der Waals surface area contributed by atoms with Crippen molar-refractivity contribution in [2.24, 2.45) is 12.0 Å². The number of aromatic amines is 1. The number of ether oxygens (including phenoxy) is 1. The second kappa shape index (κ2) is 6.58. The summed E-state index contributed by atoms with van der Waals surface area (Å²) in [4.78, 5) is 6.50. The minimum atomic E-state index is 0.498. The molecule has 0 unspecified atom stereocenters. The molecule has 0 amide bonds. The van der Waals surface area contributed by atoms with Gasteiger partial charge in [0, 0.05) is 18.9 Å². The van der Waals surface area contributed by atoms with E-state index < -0.39 is 0 Å². The minimum absolute atomic E-state index is 0.498. The summed E-state index contributed by atoms with van der Waals surface area (Å²) in [6, 6.07) is 13.4. The smallest absolute Gasteiger partial charge is 0.146 e. The average Bonchev–Trinajstić information content (AvgIpc) is 3.29. The van der Waals surface area contributed by atoms with Crippen LogP contribution in [0.5, 0.6) is 11.5 Å².